The molecule has 1 N–H and O–H groups in total. The summed E-state index contributed by atoms with van der Waals surface area (Å²) in [6.07, 6.45) is 4.39. The van der Waals surface area contributed by atoms with Crippen LogP contribution in [0.1, 0.15) is 25.7 Å². The summed E-state index contributed by atoms with van der Waals surface area (Å²) in [5, 5.41) is 9.06. The number of aliphatic carboxylic acids is 1. The van der Waals surface area contributed by atoms with Gasteiger partial charge in [-0.2, -0.15) is 0 Å². The monoisotopic (exact) mass is 227 g/mol. The first kappa shape index (κ1) is 11.9. The zero-order valence-corrected chi connectivity index (χ0v) is 9.89. The molecule has 2 atom stereocenters. The molecule has 4 nitrogen and oxygen atoms in total. The van der Waals surface area contributed by atoms with Gasteiger partial charge in [0.05, 0.1) is 12.5 Å². The molecule has 0 radical (unpaired) electrons. The number of methoxy groups -OCH3 is 1. The Hall–Kier alpha value is -0.610. The van der Waals surface area contributed by atoms with E-state index in [2.05, 4.69) is 4.90 Å². The van der Waals surface area contributed by atoms with Gasteiger partial charge >= 0.3 is 5.97 Å². The number of ether oxygens (including phenoxy) is 1. The zero-order valence-electron chi connectivity index (χ0n) is 9.89. The topological polar surface area (TPSA) is 49.8 Å². The quantitative estimate of drug-likeness (QED) is 0.767. The first-order chi connectivity index (χ1) is 7.72. The lowest BCUT2D eigenvalue weighted by Gasteiger charge is -2.36. The minimum absolute atomic E-state index is 0.174. The van der Waals surface area contributed by atoms with Crippen LogP contribution in [0.4, 0.5) is 0 Å². The molecule has 1 saturated heterocycles. The molecule has 0 spiro atoms. The zero-order chi connectivity index (χ0) is 11.5. The molecule has 1 saturated carbocycles. The lowest BCUT2D eigenvalue weighted by atomic mass is 9.96. The van der Waals surface area contributed by atoms with Gasteiger partial charge in [0.2, 0.25) is 0 Å². The molecule has 0 aromatic carbocycles. The third kappa shape index (κ3) is 2.74. The first-order valence-electron chi connectivity index (χ1n) is 6.18. The summed E-state index contributed by atoms with van der Waals surface area (Å²) in [6.45, 7) is 2.49. The van der Waals surface area contributed by atoms with Gasteiger partial charge < -0.3 is 9.84 Å². The summed E-state index contributed by atoms with van der Waals surface area (Å²) in [4.78, 5) is 13.3. The van der Waals surface area contributed by atoms with Crippen LogP contribution in [0.15, 0.2) is 0 Å². The molecular weight excluding hydrogens is 206 g/mol. The van der Waals surface area contributed by atoms with Crippen LogP contribution in [0.25, 0.3) is 0 Å². The number of carboxylic acid groups (broad SMARTS) is 1. The van der Waals surface area contributed by atoms with Crippen molar-refractivity contribution in [3.8, 4) is 0 Å². The van der Waals surface area contributed by atoms with Gasteiger partial charge in [-0.25, -0.2) is 0 Å². The van der Waals surface area contributed by atoms with E-state index in [9.17, 15) is 4.79 Å². The summed E-state index contributed by atoms with van der Waals surface area (Å²) in [5.74, 6) is -0.0731. The van der Waals surface area contributed by atoms with Gasteiger partial charge in [0.25, 0.3) is 0 Å². The first-order valence-corrected chi connectivity index (χ1v) is 6.18. The molecule has 2 unspecified atom stereocenters. The molecule has 4 heteroatoms. The molecule has 0 aromatic heterocycles. The summed E-state index contributed by atoms with van der Waals surface area (Å²) in [5.41, 5.74) is 0. The van der Waals surface area contributed by atoms with E-state index in [0.717, 1.165) is 31.9 Å². The summed E-state index contributed by atoms with van der Waals surface area (Å²) < 4.78 is 5.27. The average Bonchev–Trinajstić information content (AvgIpc) is 3.10. The molecule has 16 heavy (non-hydrogen) atoms. The van der Waals surface area contributed by atoms with Gasteiger partial charge in [0.15, 0.2) is 0 Å². The van der Waals surface area contributed by atoms with Crippen molar-refractivity contribution in [1.82, 2.24) is 4.90 Å². The second-order valence-corrected chi connectivity index (χ2v) is 5.03. The minimum atomic E-state index is -0.642. The van der Waals surface area contributed by atoms with Crippen molar-refractivity contribution in [3.05, 3.63) is 0 Å². The Morgan fingerprint density at radius 3 is 2.81 bits per heavy atom. The van der Waals surface area contributed by atoms with E-state index < -0.39 is 5.97 Å². The van der Waals surface area contributed by atoms with Gasteiger partial charge in [-0.1, -0.05) is 0 Å². The van der Waals surface area contributed by atoms with Crippen LogP contribution in [-0.2, 0) is 9.53 Å². The molecule has 1 aliphatic carbocycles. The van der Waals surface area contributed by atoms with E-state index in [1.807, 2.05) is 0 Å². The lowest BCUT2D eigenvalue weighted by molar-refractivity contribution is -0.144. The largest absolute Gasteiger partial charge is 0.481 e. The Balaban J connectivity index is 1.93. The smallest absolute Gasteiger partial charge is 0.307 e. The third-order valence-corrected chi connectivity index (χ3v) is 3.77. The van der Waals surface area contributed by atoms with E-state index in [0.29, 0.717) is 12.6 Å². The van der Waals surface area contributed by atoms with E-state index in [-0.39, 0.29) is 5.92 Å². The van der Waals surface area contributed by atoms with Crippen LogP contribution in [-0.4, -0.2) is 48.8 Å². The van der Waals surface area contributed by atoms with Crippen molar-refractivity contribution < 1.29 is 14.6 Å². The number of piperidine rings is 1. The normalized spacial score (nSPS) is 28.9. The predicted octanol–water partition coefficient (Wildman–Crippen LogP) is 1.21. The summed E-state index contributed by atoms with van der Waals surface area (Å²) in [7, 11) is 1.73. The standard InChI is InChI=1S/C12H21NO3/c1-16-8-11(9-4-5-9)13-6-2-3-10(7-13)12(14)15/h9-11H,2-8H2,1H3,(H,14,15). The Kier molecular flexibility index (Phi) is 3.82. The second-order valence-electron chi connectivity index (χ2n) is 5.03. The van der Waals surface area contributed by atoms with E-state index in [4.69, 9.17) is 9.84 Å². The predicted molar refractivity (Wildman–Crippen MR) is 60.3 cm³/mol. The summed E-state index contributed by atoms with van der Waals surface area (Å²) >= 11 is 0. The molecule has 0 bridgehead atoms. The fourth-order valence-corrected chi connectivity index (χ4v) is 2.70. The van der Waals surface area contributed by atoms with Crippen molar-refractivity contribution >= 4 is 5.97 Å². The Bertz CT molecular complexity index is 253. The second kappa shape index (κ2) is 5.15. The molecular formula is C12H21NO3. The highest BCUT2D eigenvalue weighted by atomic mass is 16.5. The molecule has 0 amide bonds. The van der Waals surface area contributed by atoms with Crippen LogP contribution >= 0.6 is 0 Å². The molecule has 1 aliphatic heterocycles. The van der Waals surface area contributed by atoms with Crippen molar-refractivity contribution in [3.63, 3.8) is 0 Å². The number of nitrogens with zero attached hydrogens (tertiary/aromatic N) is 1. The van der Waals surface area contributed by atoms with Crippen molar-refractivity contribution in [2.75, 3.05) is 26.8 Å². The van der Waals surface area contributed by atoms with Gasteiger partial charge in [-0.3, -0.25) is 9.69 Å². The number of carboxylic acids is 1. The van der Waals surface area contributed by atoms with Gasteiger partial charge in [0.1, 0.15) is 0 Å². The molecule has 92 valence electrons. The maximum absolute atomic E-state index is 11.0. The number of hydrogen-bond donors (Lipinski definition) is 1. The van der Waals surface area contributed by atoms with E-state index in [1.165, 1.54) is 12.8 Å². The van der Waals surface area contributed by atoms with Crippen molar-refractivity contribution in [1.29, 1.82) is 0 Å². The molecule has 2 fully saturated rings. The van der Waals surface area contributed by atoms with E-state index >= 15 is 0 Å². The maximum atomic E-state index is 11.0. The van der Waals surface area contributed by atoms with Crippen LogP contribution in [0, 0.1) is 11.8 Å². The minimum Gasteiger partial charge on any atom is -0.481 e. The Morgan fingerprint density at radius 2 is 2.25 bits per heavy atom. The van der Waals surface area contributed by atoms with Gasteiger partial charge in [-0.15, -0.1) is 0 Å². The molecule has 2 aliphatic rings. The highest BCUT2D eigenvalue weighted by Crippen LogP contribution is 2.37. The Morgan fingerprint density at radius 1 is 1.50 bits per heavy atom. The van der Waals surface area contributed by atoms with Crippen LogP contribution in [0.5, 0.6) is 0 Å². The highest BCUT2D eigenvalue weighted by molar-refractivity contribution is 5.70. The molecule has 2 rings (SSSR count). The number of carbonyl (C=O) groups is 1. The maximum Gasteiger partial charge on any atom is 0.307 e. The number of likely N-dealkylation sites (tertiary alicyclic amines) is 1. The average molecular weight is 227 g/mol. The lowest BCUT2D eigenvalue weighted by Crippen LogP contribution is -2.47. The highest BCUT2D eigenvalue weighted by Gasteiger charge is 2.38. The Labute approximate surface area is 96.6 Å². The number of hydrogen-bond acceptors (Lipinski definition) is 3. The molecule has 1 heterocycles. The van der Waals surface area contributed by atoms with Crippen molar-refractivity contribution in [2.24, 2.45) is 11.8 Å². The van der Waals surface area contributed by atoms with Gasteiger partial charge in [-0.05, 0) is 38.1 Å². The van der Waals surface area contributed by atoms with Crippen LogP contribution < -0.4 is 0 Å². The number of rotatable bonds is 5. The third-order valence-electron chi connectivity index (χ3n) is 3.77. The fraction of sp³-hybridized carbons (Fsp3) is 0.917. The van der Waals surface area contributed by atoms with E-state index in [1.54, 1.807) is 7.11 Å². The fourth-order valence-electron chi connectivity index (χ4n) is 2.70. The summed E-state index contributed by atoms with van der Waals surface area (Å²) in [6, 6.07) is 0.451. The van der Waals surface area contributed by atoms with Crippen LogP contribution in [0.3, 0.4) is 0 Å². The van der Waals surface area contributed by atoms with Gasteiger partial charge in [0, 0.05) is 19.7 Å². The molecule has 0 aromatic rings. The SMILES string of the molecule is COCC(C1CC1)N1CCCC(C(=O)O)C1. The van der Waals surface area contributed by atoms with Crippen molar-refractivity contribution in [2.45, 2.75) is 31.7 Å². The van der Waals surface area contributed by atoms with Crippen LogP contribution in [0.2, 0.25) is 0 Å².